The molecule has 0 aromatic heterocycles. The molecule has 0 rings (SSSR count). The van der Waals surface area contributed by atoms with Gasteiger partial charge in [-0.3, -0.25) is 9.59 Å². The predicted octanol–water partition coefficient (Wildman–Crippen LogP) is 2.39. The molecule has 1 N–H and O–H groups in total. The van der Waals surface area contributed by atoms with Gasteiger partial charge in [-0.05, 0) is 26.2 Å². The molecular weight excluding hydrogens is 272 g/mol. The Morgan fingerprint density at radius 3 is 2.43 bits per heavy atom. The molecule has 0 heterocycles. The van der Waals surface area contributed by atoms with E-state index in [1.807, 2.05) is 13.0 Å². The lowest BCUT2D eigenvalue weighted by molar-refractivity contribution is -0.151. The molecule has 5 heteroatoms. The van der Waals surface area contributed by atoms with Crippen molar-refractivity contribution in [2.45, 2.75) is 52.2 Å². The first-order valence-corrected chi connectivity index (χ1v) is 7.27. The van der Waals surface area contributed by atoms with Gasteiger partial charge in [0.1, 0.15) is 12.0 Å². The summed E-state index contributed by atoms with van der Waals surface area (Å²) in [7, 11) is 0. The Balaban J connectivity index is 4.61. The summed E-state index contributed by atoms with van der Waals surface area (Å²) in [5.41, 5.74) is 0. The fourth-order valence-electron chi connectivity index (χ4n) is 1.84. The molecule has 0 aliphatic rings. The number of carbonyl (C=O) groups excluding carboxylic acids is 2. The van der Waals surface area contributed by atoms with E-state index in [2.05, 4.69) is 6.58 Å². The van der Waals surface area contributed by atoms with Gasteiger partial charge in [-0.1, -0.05) is 31.7 Å². The Morgan fingerprint density at radius 1 is 1.29 bits per heavy atom. The lowest BCUT2D eigenvalue weighted by atomic mass is 9.96. The first-order valence-electron chi connectivity index (χ1n) is 7.27. The second-order valence-electron chi connectivity index (χ2n) is 4.64. The van der Waals surface area contributed by atoms with Crippen LogP contribution in [-0.2, 0) is 19.1 Å². The molecule has 1 unspecified atom stereocenters. The molecule has 120 valence electrons. The summed E-state index contributed by atoms with van der Waals surface area (Å²) in [4.78, 5) is 22.8. The Bertz CT molecular complexity index is 362. The highest BCUT2D eigenvalue weighted by Gasteiger charge is 2.26. The molecule has 0 spiro atoms. The number of hydrogen-bond donors (Lipinski definition) is 1. The third-order valence-corrected chi connectivity index (χ3v) is 2.88. The largest absolute Gasteiger partial charge is 0.465 e. The zero-order valence-electron chi connectivity index (χ0n) is 13.1. The summed E-state index contributed by atoms with van der Waals surface area (Å²) in [5, 5.41) is 10.2. The smallest absolute Gasteiger partial charge is 0.315 e. The third kappa shape index (κ3) is 8.30. The summed E-state index contributed by atoms with van der Waals surface area (Å²) in [5.74, 6) is -1.55. The van der Waals surface area contributed by atoms with Crippen LogP contribution in [0.2, 0.25) is 0 Å². The number of hydrogen-bond acceptors (Lipinski definition) is 5. The number of ether oxygens (including phenoxy) is 2. The molecule has 0 saturated carbocycles. The summed E-state index contributed by atoms with van der Waals surface area (Å²) in [6.45, 7) is 8.84. The van der Waals surface area contributed by atoms with Crippen molar-refractivity contribution in [3.63, 3.8) is 0 Å². The molecule has 0 aromatic rings. The van der Waals surface area contributed by atoms with E-state index in [1.165, 1.54) is 13.0 Å². The van der Waals surface area contributed by atoms with Crippen LogP contribution in [0.25, 0.3) is 0 Å². The molecule has 0 aliphatic heterocycles. The molecule has 0 amide bonds. The minimum absolute atomic E-state index is 0.269. The zero-order chi connectivity index (χ0) is 16.3. The molecule has 21 heavy (non-hydrogen) atoms. The Hall–Kier alpha value is -1.62. The predicted molar refractivity (Wildman–Crippen MR) is 80.5 cm³/mol. The summed E-state index contributed by atoms with van der Waals surface area (Å²) >= 11 is 0. The maximum atomic E-state index is 11.8. The van der Waals surface area contributed by atoms with E-state index in [0.29, 0.717) is 12.8 Å². The van der Waals surface area contributed by atoms with Gasteiger partial charge in [0.05, 0.1) is 12.7 Å². The van der Waals surface area contributed by atoms with Gasteiger partial charge in [-0.25, -0.2) is 0 Å². The van der Waals surface area contributed by atoms with Gasteiger partial charge in [0.15, 0.2) is 0 Å². The van der Waals surface area contributed by atoms with Crippen LogP contribution >= 0.6 is 0 Å². The van der Waals surface area contributed by atoms with Crippen LogP contribution in [0.4, 0.5) is 0 Å². The van der Waals surface area contributed by atoms with Crippen LogP contribution in [0.5, 0.6) is 0 Å². The standard InChI is InChI=1S/C16H26O5/c1-5-8-9-14(16(19)20-7-3)15(18)11-10-13(6-2)21-12(4)17/h6,8-9,13-15,18H,2,5,7,10-11H2,1,3-4H3/b9-8+/t13?,14-,15-/m1/s1. The Labute approximate surface area is 126 Å². The fraction of sp³-hybridized carbons (Fsp3) is 0.625. The van der Waals surface area contributed by atoms with Crippen molar-refractivity contribution in [2.24, 2.45) is 5.92 Å². The molecule has 0 aliphatic carbocycles. The van der Waals surface area contributed by atoms with Crippen molar-refractivity contribution >= 4 is 11.9 Å². The van der Waals surface area contributed by atoms with Crippen molar-refractivity contribution in [3.8, 4) is 0 Å². The first-order chi connectivity index (χ1) is 9.96. The van der Waals surface area contributed by atoms with Gasteiger partial charge < -0.3 is 14.6 Å². The average molecular weight is 298 g/mol. The molecule has 0 aromatic carbocycles. The van der Waals surface area contributed by atoms with Gasteiger partial charge in [0.2, 0.25) is 0 Å². The van der Waals surface area contributed by atoms with Crippen LogP contribution in [-0.4, -0.2) is 35.9 Å². The number of carbonyl (C=O) groups is 2. The highest BCUT2D eigenvalue weighted by molar-refractivity contribution is 5.75. The molecule has 0 fully saturated rings. The van der Waals surface area contributed by atoms with E-state index >= 15 is 0 Å². The van der Waals surface area contributed by atoms with E-state index in [1.54, 1.807) is 13.0 Å². The fourth-order valence-corrected chi connectivity index (χ4v) is 1.84. The van der Waals surface area contributed by atoms with Crippen LogP contribution in [0.15, 0.2) is 24.8 Å². The van der Waals surface area contributed by atoms with E-state index in [-0.39, 0.29) is 6.61 Å². The lowest BCUT2D eigenvalue weighted by Crippen LogP contribution is -2.29. The maximum absolute atomic E-state index is 11.8. The van der Waals surface area contributed by atoms with Crippen molar-refractivity contribution in [3.05, 3.63) is 24.8 Å². The van der Waals surface area contributed by atoms with Crippen molar-refractivity contribution < 1.29 is 24.2 Å². The van der Waals surface area contributed by atoms with Gasteiger partial charge in [-0.2, -0.15) is 0 Å². The van der Waals surface area contributed by atoms with E-state index in [4.69, 9.17) is 9.47 Å². The van der Waals surface area contributed by atoms with E-state index < -0.39 is 30.1 Å². The lowest BCUT2D eigenvalue weighted by Gasteiger charge is -2.20. The normalized spacial score (nSPS) is 15.2. The quantitative estimate of drug-likeness (QED) is 0.495. The molecule has 0 radical (unpaired) electrons. The second-order valence-corrected chi connectivity index (χ2v) is 4.64. The van der Waals surface area contributed by atoms with Gasteiger partial charge in [0.25, 0.3) is 0 Å². The Morgan fingerprint density at radius 2 is 1.95 bits per heavy atom. The van der Waals surface area contributed by atoms with Gasteiger partial charge >= 0.3 is 11.9 Å². The topological polar surface area (TPSA) is 72.8 Å². The van der Waals surface area contributed by atoms with Gasteiger partial charge in [-0.15, -0.1) is 0 Å². The number of rotatable bonds is 10. The monoisotopic (exact) mass is 298 g/mol. The van der Waals surface area contributed by atoms with Crippen LogP contribution in [0.1, 0.15) is 40.0 Å². The Kier molecular flexibility index (Phi) is 10.2. The SMILES string of the molecule is C=CC(CC[C@@H](O)[C@@H](/C=C/CC)C(=O)OCC)OC(C)=O. The maximum Gasteiger partial charge on any atom is 0.315 e. The molecule has 3 atom stereocenters. The molecule has 0 saturated heterocycles. The van der Waals surface area contributed by atoms with Crippen LogP contribution in [0.3, 0.4) is 0 Å². The van der Waals surface area contributed by atoms with Crippen molar-refractivity contribution in [1.82, 2.24) is 0 Å². The summed E-state index contributed by atoms with van der Waals surface area (Å²) in [6, 6.07) is 0. The second kappa shape index (κ2) is 11.1. The van der Waals surface area contributed by atoms with Gasteiger partial charge in [0, 0.05) is 6.92 Å². The van der Waals surface area contributed by atoms with Crippen molar-refractivity contribution in [2.75, 3.05) is 6.61 Å². The number of aliphatic hydroxyl groups excluding tert-OH is 1. The zero-order valence-corrected chi connectivity index (χ0v) is 13.1. The number of esters is 2. The highest BCUT2D eigenvalue weighted by Crippen LogP contribution is 2.17. The van der Waals surface area contributed by atoms with E-state index in [0.717, 1.165) is 6.42 Å². The summed E-state index contributed by atoms with van der Waals surface area (Å²) < 4.78 is 9.98. The minimum Gasteiger partial charge on any atom is -0.465 e. The van der Waals surface area contributed by atoms with E-state index in [9.17, 15) is 14.7 Å². The molecule has 5 nitrogen and oxygen atoms in total. The first kappa shape index (κ1) is 19.4. The van der Waals surface area contributed by atoms with Crippen LogP contribution in [0, 0.1) is 5.92 Å². The molecule has 0 bridgehead atoms. The average Bonchev–Trinajstić information content (AvgIpc) is 2.43. The van der Waals surface area contributed by atoms with Crippen molar-refractivity contribution in [1.29, 1.82) is 0 Å². The third-order valence-electron chi connectivity index (χ3n) is 2.88. The number of allylic oxidation sites excluding steroid dienone is 1. The minimum atomic E-state index is -0.884. The van der Waals surface area contributed by atoms with Crippen LogP contribution < -0.4 is 0 Å². The number of aliphatic hydroxyl groups is 1. The molecular formula is C16H26O5. The highest BCUT2D eigenvalue weighted by atomic mass is 16.5. The summed E-state index contributed by atoms with van der Waals surface area (Å²) in [6.07, 6.45) is 5.13.